The first-order chi connectivity index (χ1) is 15.7. The first-order valence-corrected chi connectivity index (χ1v) is 13.8. The normalized spacial score (nSPS) is 16.8. The van der Waals surface area contributed by atoms with Crippen molar-refractivity contribution in [3.63, 3.8) is 0 Å². The zero-order valence-corrected chi connectivity index (χ0v) is 21.2. The summed E-state index contributed by atoms with van der Waals surface area (Å²) in [6.07, 6.45) is 12.2. The third-order valence-corrected chi connectivity index (χ3v) is 6.53. The summed E-state index contributed by atoms with van der Waals surface area (Å²) in [6, 6.07) is 0. The minimum absolute atomic E-state index is 0.0968. The number of esters is 1. The van der Waals surface area contributed by atoms with Gasteiger partial charge in [0.15, 0.2) is 5.12 Å². The van der Waals surface area contributed by atoms with Crippen molar-refractivity contribution in [2.45, 2.75) is 71.1 Å². The summed E-state index contributed by atoms with van der Waals surface area (Å²) in [5, 5.41) is 10.5. The molecule has 1 aliphatic heterocycles. The van der Waals surface area contributed by atoms with Gasteiger partial charge >= 0.3 is 5.97 Å². The van der Waals surface area contributed by atoms with E-state index >= 15 is 0 Å². The molecule has 0 amide bonds. The number of nitrogens with one attached hydrogen (secondary N) is 3. The number of hydrogen-bond acceptors (Lipinski definition) is 8. The highest BCUT2D eigenvalue weighted by Gasteiger charge is 2.11. The lowest BCUT2D eigenvalue weighted by Crippen LogP contribution is -2.43. The van der Waals surface area contributed by atoms with Gasteiger partial charge in [-0.25, -0.2) is 0 Å². The van der Waals surface area contributed by atoms with Gasteiger partial charge in [0.2, 0.25) is 0 Å². The Morgan fingerprint density at radius 2 is 1.19 bits per heavy atom. The molecular formula is C24H48N4O3S. The number of rotatable bonds is 15. The fraction of sp³-hybridized carbons (Fsp3) is 0.917. The van der Waals surface area contributed by atoms with Crippen LogP contribution in [0.5, 0.6) is 0 Å². The van der Waals surface area contributed by atoms with Crippen LogP contribution in [0.25, 0.3) is 0 Å². The second-order valence-electron chi connectivity index (χ2n) is 8.62. The zero-order valence-electron chi connectivity index (χ0n) is 20.4. The fourth-order valence-electron chi connectivity index (χ4n) is 3.72. The number of ether oxygens (including phenoxy) is 1. The predicted molar refractivity (Wildman–Crippen MR) is 135 cm³/mol. The van der Waals surface area contributed by atoms with E-state index in [0.717, 1.165) is 77.4 Å². The molecule has 1 aliphatic rings. The molecule has 1 rings (SSSR count). The highest BCUT2D eigenvalue weighted by molar-refractivity contribution is 8.13. The monoisotopic (exact) mass is 472 g/mol. The molecule has 0 aliphatic carbocycles. The van der Waals surface area contributed by atoms with E-state index in [4.69, 9.17) is 4.74 Å². The van der Waals surface area contributed by atoms with E-state index in [-0.39, 0.29) is 11.1 Å². The summed E-state index contributed by atoms with van der Waals surface area (Å²) in [6.45, 7) is 9.98. The molecule has 0 spiro atoms. The standard InChI is InChI=1S/C24H48N4O3S/c1-23(29)32-21-11-9-7-5-3-2-4-6-8-10-20-31-24(30)22-28-18-16-26-14-12-25-13-15-27-17-19-28/h25-27H,2-22H2,1H3. The molecule has 0 unspecified atom stereocenters. The van der Waals surface area contributed by atoms with E-state index in [2.05, 4.69) is 20.9 Å². The minimum atomic E-state index is -0.0968. The Labute approximate surface area is 200 Å². The molecule has 3 N–H and O–H groups in total. The molecule has 0 aromatic heterocycles. The number of nitrogens with zero attached hydrogens (tertiary/aromatic N) is 1. The maximum atomic E-state index is 12.2. The van der Waals surface area contributed by atoms with Gasteiger partial charge in [0.1, 0.15) is 0 Å². The van der Waals surface area contributed by atoms with E-state index in [1.807, 2.05) is 0 Å². The zero-order chi connectivity index (χ0) is 23.1. The summed E-state index contributed by atoms with van der Waals surface area (Å²) >= 11 is 1.45. The summed E-state index contributed by atoms with van der Waals surface area (Å²) in [5.74, 6) is 0.880. The van der Waals surface area contributed by atoms with Gasteiger partial charge in [0, 0.05) is 65.0 Å². The molecule has 0 aromatic rings. The van der Waals surface area contributed by atoms with Crippen molar-refractivity contribution in [2.75, 3.05) is 71.3 Å². The molecule has 8 heteroatoms. The van der Waals surface area contributed by atoms with Crippen molar-refractivity contribution < 1.29 is 14.3 Å². The van der Waals surface area contributed by atoms with Gasteiger partial charge in [0.25, 0.3) is 0 Å². The predicted octanol–water partition coefficient (Wildman–Crippen LogP) is 2.79. The SMILES string of the molecule is CC(=O)SCCCCCCCCCCCCOC(=O)CN1CCNCCNCCNCC1. The summed E-state index contributed by atoms with van der Waals surface area (Å²) in [5.41, 5.74) is 0. The Hall–Kier alpha value is -0.670. The molecular weight excluding hydrogens is 424 g/mol. The molecule has 7 nitrogen and oxygen atoms in total. The Morgan fingerprint density at radius 1 is 0.719 bits per heavy atom. The first-order valence-electron chi connectivity index (χ1n) is 12.8. The lowest BCUT2D eigenvalue weighted by Gasteiger charge is -2.22. The van der Waals surface area contributed by atoms with Crippen LogP contribution in [0.4, 0.5) is 0 Å². The molecule has 1 heterocycles. The average molecular weight is 473 g/mol. The van der Waals surface area contributed by atoms with Crippen molar-refractivity contribution in [1.29, 1.82) is 0 Å². The van der Waals surface area contributed by atoms with Crippen LogP contribution in [-0.2, 0) is 14.3 Å². The smallest absolute Gasteiger partial charge is 0.320 e. The van der Waals surface area contributed by atoms with Crippen molar-refractivity contribution in [3.05, 3.63) is 0 Å². The van der Waals surface area contributed by atoms with Gasteiger partial charge in [0.05, 0.1) is 13.2 Å². The van der Waals surface area contributed by atoms with E-state index in [0.29, 0.717) is 13.2 Å². The molecule has 1 fully saturated rings. The van der Waals surface area contributed by atoms with Crippen molar-refractivity contribution in [2.24, 2.45) is 0 Å². The van der Waals surface area contributed by atoms with Crippen LogP contribution in [-0.4, -0.2) is 87.2 Å². The molecule has 188 valence electrons. The number of hydrogen-bond donors (Lipinski definition) is 3. The molecule has 32 heavy (non-hydrogen) atoms. The fourth-order valence-corrected chi connectivity index (χ4v) is 4.36. The molecule has 0 aromatic carbocycles. The largest absolute Gasteiger partial charge is 0.465 e. The first kappa shape index (κ1) is 29.4. The molecule has 1 saturated heterocycles. The highest BCUT2D eigenvalue weighted by atomic mass is 32.2. The second kappa shape index (κ2) is 22.1. The lowest BCUT2D eigenvalue weighted by atomic mass is 10.1. The highest BCUT2D eigenvalue weighted by Crippen LogP contribution is 2.12. The third-order valence-electron chi connectivity index (χ3n) is 5.63. The van der Waals surface area contributed by atoms with Crippen LogP contribution in [0, 0.1) is 0 Å². The van der Waals surface area contributed by atoms with Gasteiger partial charge in [-0.1, -0.05) is 63.1 Å². The van der Waals surface area contributed by atoms with Gasteiger partial charge < -0.3 is 20.7 Å². The van der Waals surface area contributed by atoms with Crippen molar-refractivity contribution in [1.82, 2.24) is 20.9 Å². The van der Waals surface area contributed by atoms with Gasteiger partial charge in [-0.05, 0) is 12.8 Å². The topological polar surface area (TPSA) is 82.7 Å². The van der Waals surface area contributed by atoms with Gasteiger partial charge in [-0.15, -0.1) is 0 Å². The van der Waals surface area contributed by atoms with Crippen molar-refractivity contribution >= 4 is 22.8 Å². The molecule has 0 saturated carbocycles. The Kier molecular flexibility index (Phi) is 20.3. The average Bonchev–Trinajstić information content (AvgIpc) is 2.75. The number of thioether (sulfide) groups is 1. The van der Waals surface area contributed by atoms with E-state index in [1.165, 1.54) is 56.7 Å². The van der Waals surface area contributed by atoms with Crippen LogP contribution >= 0.6 is 11.8 Å². The minimum Gasteiger partial charge on any atom is -0.465 e. The molecule has 0 bridgehead atoms. The van der Waals surface area contributed by atoms with E-state index in [1.54, 1.807) is 6.92 Å². The summed E-state index contributed by atoms with van der Waals surface area (Å²) in [4.78, 5) is 25.2. The maximum absolute atomic E-state index is 12.2. The number of carbonyl (C=O) groups excluding carboxylic acids is 2. The Bertz CT molecular complexity index is 457. The van der Waals surface area contributed by atoms with Gasteiger partial charge in [-0.2, -0.15) is 0 Å². The van der Waals surface area contributed by atoms with E-state index < -0.39 is 0 Å². The third kappa shape index (κ3) is 20.0. The maximum Gasteiger partial charge on any atom is 0.320 e. The van der Waals surface area contributed by atoms with Crippen LogP contribution in [0.2, 0.25) is 0 Å². The van der Waals surface area contributed by atoms with Gasteiger partial charge in [-0.3, -0.25) is 14.5 Å². The molecule has 0 atom stereocenters. The summed E-state index contributed by atoms with van der Waals surface area (Å²) < 4.78 is 5.47. The molecule has 0 radical (unpaired) electrons. The Morgan fingerprint density at radius 3 is 1.72 bits per heavy atom. The Balaban J connectivity index is 1.92. The van der Waals surface area contributed by atoms with Crippen molar-refractivity contribution in [3.8, 4) is 0 Å². The van der Waals surface area contributed by atoms with Crippen LogP contribution < -0.4 is 16.0 Å². The second-order valence-corrected chi connectivity index (χ2v) is 9.89. The van der Waals surface area contributed by atoms with Crippen LogP contribution in [0.1, 0.15) is 71.1 Å². The van der Waals surface area contributed by atoms with E-state index in [9.17, 15) is 9.59 Å². The lowest BCUT2D eigenvalue weighted by molar-refractivity contribution is -0.145. The summed E-state index contributed by atoms with van der Waals surface area (Å²) in [7, 11) is 0. The number of unbranched alkanes of at least 4 members (excludes halogenated alkanes) is 9. The van der Waals surface area contributed by atoms with Crippen LogP contribution in [0.3, 0.4) is 0 Å². The van der Waals surface area contributed by atoms with Crippen LogP contribution in [0.15, 0.2) is 0 Å². The number of carbonyl (C=O) groups is 2. The quantitative estimate of drug-likeness (QED) is 0.248.